The summed E-state index contributed by atoms with van der Waals surface area (Å²) in [4.78, 5) is 0. The maximum Gasteiger partial charge on any atom is 0.188 e. The van der Waals surface area contributed by atoms with Gasteiger partial charge < -0.3 is 5.32 Å². The van der Waals surface area contributed by atoms with Crippen molar-refractivity contribution in [3.05, 3.63) is 42.2 Å². The molecule has 1 aliphatic carbocycles. The Labute approximate surface area is 127 Å². The van der Waals surface area contributed by atoms with Crippen LogP contribution in [0.3, 0.4) is 0 Å². The lowest BCUT2D eigenvalue weighted by Gasteiger charge is -2.25. The first-order valence-electron chi connectivity index (χ1n) is 7.52. The van der Waals surface area contributed by atoms with Crippen LogP contribution < -0.4 is 5.32 Å². The topological polar surface area (TPSA) is 55.1 Å². The van der Waals surface area contributed by atoms with Crippen LogP contribution >= 0.6 is 0 Å². The van der Waals surface area contributed by atoms with Gasteiger partial charge in [-0.1, -0.05) is 18.6 Å². The summed E-state index contributed by atoms with van der Waals surface area (Å²) in [5.41, 5.74) is 1.01. The van der Waals surface area contributed by atoms with Crippen molar-refractivity contribution in [3.63, 3.8) is 0 Å². The second-order valence-electron chi connectivity index (χ2n) is 5.67. The maximum atomic E-state index is 14.0. The van der Waals surface area contributed by atoms with Gasteiger partial charge in [-0.15, -0.1) is 15.3 Å². The van der Waals surface area contributed by atoms with Crippen LogP contribution in [-0.2, 0) is 0 Å². The molecule has 1 aliphatic rings. The van der Waals surface area contributed by atoms with Gasteiger partial charge in [-0.25, -0.2) is 4.39 Å². The minimum atomic E-state index is -0.327. The normalized spacial score (nSPS) is 15.0. The molecule has 0 amide bonds. The first kappa shape index (κ1) is 13.2. The van der Waals surface area contributed by atoms with Crippen molar-refractivity contribution in [3.8, 4) is 11.4 Å². The van der Waals surface area contributed by atoms with Gasteiger partial charge >= 0.3 is 0 Å². The Hall–Kier alpha value is -2.50. The standard InChI is InChI=1S/C16H16FN5/c17-13-7-2-1-6-12(13)16-20-19-15-9-8-14(21-22(15)16)18-10-11-4-3-5-11/h1-2,6-9,11H,3-5,10H2,(H,18,21). The number of nitrogens with zero attached hydrogens (tertiary/aromatic N) is 4. The van der Waals surface area contributed by atoms with Crippen LogP contribution in [0.5, 0.6) is 0 Å². The number of anilines is 1. The third kappa shape index (κ3) is 2.30. The number of aromatic nitrogens is 4. The molecule has 3 aromatic rings. The van der Waals surface area contributed by atoms with E-state index in [4.69, 9.17) is 0 Å². The van der Waals surface area contributed by atoms with Crippen LogP contribution in [0, 0.1) is 11.7 Å². The number of nitrogens with one attached hydrogen (secondary N) is 1. The van der Waals surface area contributed by atoms with Crippen molar-refractivity contribution >= 4 is 11.5 Å². The van der Waals surface area contributed by atoms with Crippen LogP contribution in [-0.4, -0.2) is 26.4 Å². The molecule has 6 heteroatoms. The van der Waals surface area contributed by atoms with E-state index in [1.165, 1.54) is 25.3 Å². The van der Waals surface area contributed by atoms with E-state index in [0.29, 0.717) is 17.0 Å². The zero-order valence-electron chi connectivity index (χ0n) is 12.0. The maximum absolute atomic E-state index is 14.0. The highest BCUT2D eigenvalue weighted by Gasteiger charge is 2.17. The molecule has 0 unspecified atom stereocenters. The van der Waals surface area contributed by atoms with Crippen molar-refractivity contribution in [1.29, 1.82) is 0 Å². The summed E-state index contributed by atoms with van der Waals surface area (Å²) in [5, 5.41) is 16.0. The highest BCUT2D eigenvalue weighted by molar-refractivity contribution is 5.60. The fraction of sp³-hybridized carbons (Fsp3) is 0.312. The van der Waals surface area contributed by atoms with E-state index < -0.39 is 0 Å². The van der Waals surface area contributed by atoms with Gasteiger partial charge in [0.25, 0.3) is 0 Å². The lowest BCUT2D eigenvalue weighted by atomic mass is 9.85. The first-order chi connectivity index (χ1) is 10.8. The summed E-state index contributed by atoms with van der Waals surface area (Å²) >= 11 is 0. The average Bonchev–Trinajstić information content (AvgIpc) is 2.89. The summed E-state index contributed by atoms with van der Waals surface area (Å²) < 4.78 is 15.5. The Kier molecular flexibility index (Phi) is 3.21. The molecule has 0 aliphatic heterocycles. The zero-order valence-corrected chi connectivity index (χ0v) is 12.0. The molecule has 5 nitrogen and oxygen atoms in total. The number of hydrogen-bond acceptors (Lipinski definition) is 4. The molecule has 0 saturated heterocycles. The number of fused-ring (bicyclic) bond motifs is 1. The number of hydrogen-bond donors (Lipinski definition) is 1. The van der Waals surface area contributed by atoms with Gasteiger partial charge in [-0.3, -0.25) is 0 Å². The molecule has 22 heavy (non-hydrogen) atoms. The predicted octanol–water partition coefficient (Wildman–Crippen LogP) is 3.14. The van der Waals surface area contributed by atoms with Gasteiger partial charge in [0, 0.05) is 6.54 Å². The third-order valence-electron chi connectivity index (χ3n) is 4.17. The molecule has 0 atom stereocenters. The van der Waals surface area contributed by atoms with Crippen LogP contribution in [0.25, 0.3) is 17.0 Å². The Morgan fingerprint density at radius 3 is 2.77 bits per heavy atom. The number of halogens is 1. The van der Waals surface area contributed by atoms with E-state index in [1.807, 2.05) is 12.1 Å². The van der Waals surface area contributed by atoms with Gasteiger partial charge in [0.2, 0.25) is 0 Å². The average molecular weight is 297 g/mol. The van der Waals surface area contributed by atoms with E-state index in [2.05, 4.69) is 20.6 Å². The molecule has 1 aromatic carbocycles. The Morgan fingerprint density at radius 1 is 1.14 bits per heavy atom. The monoisotopic (exact) mass is 297 g/mol. The molecule has 1 saturated carbocycles. The largest absolute Gasteiger partial charge is 0.368 e. The van der Waals surface area contributed by atoms with Crippen LogP contribution in [0.4, 0.5) is 10.2 Å². The van der Waals surface area contributed by atoms with Gasteiger partial charge in [-0.2, -0.15) is 4.52 Å². The van der Waals surface area contributed by atoms with Gasteiger partial charge in [0.05, 0.1) is 5.56 Å². The lowest BCUT2D eigenvalue weighted by molar-refractivity contribution is 0.333. The van der Waals surface area contributed by atoms with Crippen LogP contribution in [0.1, 0.15) is 19.3 Å². The Bertz CT molecular complexity index is 809. The van der Waals surface area contributed by atoms with E-state index in [-0.39, 0.29) is 5.82 Å². The summed E-state index contributed by atoms with van der Waals surface area (Å²) in [7, 11) is 0. The molecule has 1 N–H and O–H groups in total. The van der Waals surface area contributed by atoms with Gasteiger partial charge in [0.15, 0.2) is 11.5 Å². The molecular formula is C16H16FN5. The molecule has 0 spiro atoms. The summed E-state index contributed by atoms with van der Waals surface area (Å²) in [6.45, 7) is 0.926. The molecule has 112 valence electrons. The van der Waals surface area contributed by atoms with Crippen molar-refractivity contribution in [2.45, 2.75) is 19.3 Å². The van der Waals surface area contributed by atoms with Crippen LogP contribution in [0.2, 0.25) is 0 Å². The first-order valence-corrected chi connectivity index (χ1v) is 7.52. The summed E-state index contributed by atoms with van der Waals surface area (Å²) in [6, 6.07) is 10.2. The molecule has 2 aromatic heterocycles. The highest BCUT2D eigenvalue weighted by atomic mass is 19.1. The molecule has 2 heterocycles. The second kappa shape index (κ2) is 5.36. The zero-order chi connectivity index (χ0) is 14.9. The number of rotatable bonds is 4. The Morgan fingerprint density at radius 2 is 2.00 bits per heavy atom. The summed E-state index contributed by atoms with van der Waals surface area (Å²) in [5.74, 6) is 1.59. The second-order valence-corrected chi connectivity index (χ2v) is 5.67. The van der Waals surface area contributed by atoms with E-state index in [1.54, 1.807) is 22.7 Å². The van der Waals surface area contributed by atoms with Crippen molar-refractivity contribution in [2.24, 2.45) is 5.92 Å². The van der Waals surface area contributed by atoms with Gasteiger partial charge in [-0.05, 0) is 43.0 Å². The Balaban J connectivity index is 1.68. The minimum Gasteiger partial charge on any atom is -0.368 e. The van der Waals surface area contributed by atoms with E-state index in [9.17, 15) is 4.39 Å². The fourth-order valence-corrected chi connectivity index (χ4v) is 2.64. The van der Waals surface area contributed by atoms with Crippen molar-refractivity contribution in [1.82, 2.24) is 19.8 Å². The lowest BCUT2D eigenvalue weighted by Crippen LogP contribution is -2.21. The third-order valence-corrected chi connectivity index (χ3v) is 4.17. The molecular weight excluding hydrogens is 281 g/mol. The minimum absolute atomic E-state index is 0.327. The van der Waals surface area contributed by atoms with Crippen molar-refractivity contribution in [2.75, 3.05) is 11.9 Å². The van der Waals surface area contributed by atoms with Crippen LogP contribution in [0.15, 0.2) is 36.4 Å². The SMILES string of the molecule is Fc1ccccc1-c1nnc2ccc(NCC3CCC3)nn12. The smallest absolute Gasteiger partial charge is 0.188 e. The summed E-state index contributed by atoms with van der Waals surface area (Å²) in [6.07, 6.45) is 3.88. The van der Waals surface area contributed by atoms with Gasteiger partial charge in [0.1, 0.15) is 11.6 Å². The molecule has 0 bridgehead atoms. The molecule has 1 fully saturated rings. The van der Waals surface area contributed by atoms with E-state index >= 15 is 0 Å². The van der Waals surface area contributed by atoms with Crippen molar-refractivity contribution < 1.29 is 4.39 Å². The molecule has 0 radical (unpaired) electrons. The quantitative estimate of drug-likeness (QED) is 0.804. The number of benzene rings is 1. The highest BCUT2D eigenvalue weighted by Crippen LogP contribution is 2.26. The molecule has 4 rings (SSSR count). The van der Waals surface area contributed by atoms with E-state index in [0.717, 1.165) is 18.3 Å². The fourth-order valence-electron chi connectivity index (χ4n) is 2.64. The predicted molar refractivity (Wildman–Crippen MR) is 82.0 cm³/mol.